The third kappa shape index (κ3) is 5.86. The van der Waals surface area contributed by atoms with Crippen LogP contribution in [0.15, 0.2) is 47.6 Å². The molecule has 0 spiro atoms. The Morgan fingerprint density at radius 3 is 2.43 bits per heavy atom. The number of nitrogens with zero attached hydrogens (tertiary/aromatic N) is 2. The molecule has 2 rings (SSSR count). The number of ether oxygens (including phenoxy) is 3. The van der Waals surface area contributed by atoms with Crippen molar-refractivity contribution in [3.05, 3.63) is 48.0 Å². The molecule has 10 heteroatoms. The van der Waals surface area contributed by atoms with Gasteiger partial charge in [0.05, 0.1) is 39.0 Å². The van der Waals surface area contributed by atoms with Crippen LogP contribution < -0.4 is 23.9 Å². The first-order chi connectivity index (χ1) is 14.3. The van der Waals surface area contributed by atoms with Gasteiger partial charge in [-0.15, -0.1) is 0 Å². The molecule has 30 heavy (non-hydrogen) atoms. The molecule has 0 aromatic heterocycles. The van der Waals surface area contributed by atoms with Crippen LogP contribution in [-0.4, -0.2) is 54.2 Å². The van der Waals surface area contributed by atoms with Crippen molar-refractivity contribution in [3.63, 3.8) is 0 Å². The van der Waals surface area contributed by atoms with E-state index in [0.29, 0.717) is 29.4 Å². The molecule has 0 bridgehead atoms. The van der Waals surface area contributed by atoms with Crippen LogP contribution in [0.25, 0.3) is 0 Å². The van der Waals surface area contributed by atoms with E-state index in [0.717, 1.165) is 10.6 Å². The molecule has 0 fully saturated rings. The minimum Gasteiger partial charge on any atom is -0.493 e. The Balaban J connectivity index is 2.18. The number of sulfonamides is 1. The van der Waals surface area contributed by atoms with Crippen molar-refractivity contribution in [1.29, 1.82) is 0 Å². The highest BCUT2D eigenvalue weighted by molar-refractivity contribution is 7.92. The Labute approximate surface area is 176 Å². The van der Waals surface area contributed by atoms with Crippen LogP contribution in [0, 0.1) is 0 Å². The third-order valence-corrected chi connectivity index (χ3v) is 5.07. The molecule has 0 aliphatic carbocycles. The van der Waals surface area contributed by atoms with E-state index in [-0.39, 0.29) is 5.69 Å². The van der Waals surface area contributed by atoms with E-state index in [2.05, 4.69) is 10.5 Å². The Hall–Kier alpha value is -3.27. The number of rotatable bonds is 10. The Bertz CT molecular complexity index is 1010. The smallest absolute Gasteiger partial charge is 0.260 e. The van der Waals surface area contributed by atoms with Gasteiger partial charge < -0.3 is 14.2 Å². The van der Waals surface area contributed by atoms with Crippen LogP contribution >= 0.6 is 0 Å². The van der Waals surface area contributed by atoms with E-state index >= 15 is 0 Å². The first-order valence-electron chi connectivity index (χ1n) is 9.04. The highest BCUT2D eigenvalue weighted by Crippen LogP contribution is 2.30. The number of benzene rings is 2. The standard InChI is InChI=1S/C20H25N3O6S/c1-5-29-17-11-7-6-10-16(17)23(30(4,25)26)14-19(24)22-21-13-15-9-8-12-18(27-2)20(15)28-3/h6-13H,5,14H2,1-4H3,(H,22,24)/b21-13-. The zero-order valence-corrected chi connectivity index (χ0v) is 18.1. The number of hydrogen-bond donors (Lipinski definition) is 1. The molecule has 0 aliphatic heterocycles. The fourth-order valence-electron chi connectivity index (χ4n) is 2.68. The molecule has 9 nitrogen and oxygen atoms in total. The van der Waals surface area contributed by atoms with Gasteiger partial charge in [-0.1, -0.05) is 18.2 Å². The number of para-hydroxylation sites is 3. The molecule has 0 saturated carbocycles. The number of carbonyl (C=O) groups is 1. The van der Waals surface area contributed by atoms with Crippen molar-refractivity contribution in [2.45, 2.75) is 6.92 Å². The average Bonchev–Trinajstić information content (AvgIpc) is 2.71. The number of anilines is 1. The zero-order valence-electron chi connectivity index (χ0n) is 17.3. The lowest BCUT2D eigenvalue weighted by Crippen LogP contribution is -2.39. The Morgan fingerprint density at radius 1 is 1.10 bits per heavy atom. The lowest BCUT2D eigenvalue weighted by Gasteiger charge is -2.23. The summed E-state index contributed by atoms with van der Waals surface area (Å²) in [4.78, 5) is 12.4. The normalized spacial score (nSPS) is 11.2. The lowest BCUT2D eigenvalue weighted by atomic mass is 10.2. The minimum atomic E-state index is -3.75. The maximum absolute atomic E-state index is 12.4. The third-order valence-electron chi connectivity index (χ3n) is 3.95. The molecule has 1 N–H and O–H groups in total. The maximum atomic E-state index is 12.4. The van der Waals surface area contributed by atoms with Crippen LogP contribution in [0.2, 0.25) is 0 Å². The van der Waals surface area contributed by atoms with Gasteiger partial charge in [-0.05, 0) is 31.2 Å². The summed E-state index contributed by atoms with van der Waals surface area (Å²) in [5, 5.41) is 3.90. The van der Waals surface area contributed by atoms with Gasteiger partial charge in [-0.2, -0.15) is 5.10 Å². The van der Waals surface area contributed by atoms with Gasteiger partial charge in [0.1, 0.15) is 12.3 Å². The van der Waals surface area contributed by atoms with Crippen molar-refractivity contribution in [2.75, 3.05) is 37.9 Å². The summed E-state index contributed by atoms with van der Waals surface area (Å²) in [5.41, 5.74) is 3.19. The second-order valence-electron chi connectivity index (χ2n) is 6.05. The molecule has 0 atom stereocenters. The van der Waals surface area contributed by atoms with E-state index in [4.69, 9.17) is 14.2 Å². The molecular weight excluding hydrogens is 410 g/mol. The van der Waals surface area contributed by atoms with Gasteiger partial charge in [0.2, 0.25) is 10.0 Å². The maximum Gasteiger partial charge on any atom is 0.260 e. The SMILES string of the molecule is CCOc1ccccc1N(CC(=O)N/N=C\c1cccc(OC)c1OC)S(C)(=O)=O. The topological polar surface area (TPSA) is 107 Å². The average molecular weight is 436 g/mol. The predicted octanol–water partition coefficient (Wildman–Crippen LogP) is 2.02. The Morgan fingerprint density at radius 2 is 1.80 bits per heavy atom. The fourth-order valence-corrected chi connectivity index (χ4v) is 3.53. The van der Waals surface area contributed by atoms with E-state index in [1.165, 1.54) is 20.4 Å². The highest BCUT2D eigenvalue weighted by Gasteiger charge is 2.23. The molecule has 1 amide bonds. The molecule has 2 aromatic rings. The summed E-state index contributed by atoms with van der Waals surface area (Å²) < 4.78 is 41.6. The van der Waals surface area contributed by atoms with E-state index < -0.39 is 22.5 Å². The molecule has 2 aromatic carbocycles. The quantitative estimate of drug-likeness (QED) is 0.452. The van der Waals surface area contributed by atoms with Gasteiger partial charge in [0, 0.05) is 5.56 Å². The van der Waals surface area contributed by atoms with Crippen LogP contribution in [0.3, 0.4) is 0 Å². The number of carbonyl (C=O) groups excluding carboxylic acids is 1. The van der Waals surface area contributed by atoms with Crippen LogP contribution in [0.1, 0.15) is 12.5 Å². The van der Waals surface area contributed by atoms with E-state index in [9.17, 15) is 13.2 Å². The van der Waals surface area contributed by atoms with Crippen molar-refractivity contribution in [3.8, 4) is 17.2 Å². The highest BCUT2D eigenvalue weighted by atomic mass is 32.2. The summed E-state index contributed by atoms with van der Waals surface area (Å²) in [5.74, 6) is 0.720. The van der Waals surface area contributed by atoms with Crippen molar-refractivity contribution in [2.24, 2.45) is 5.10 Å². The van der Waals surface area contributed by atoms with Gasteiger partial charge in [0.25, 0.3) is 5.91 Å². The van der Waals surface area contributed by atoms with Crippen LogP contribution in [0.5, 0.6) is 17.2 Å². The number of amides is 1. The minimum absolute atomic E-state index is 0.274. The van der Waals surface area contributed by atoms with Crippen LogP contribution in [0.4, 0.5) is 5.69 Å². The zero-order chi connectivity index (χ0) is 22.1. The lowest BCUT2D eigenvalue weighted by molar-refractivity contribution is -0.119. The second-order valence-corrected chi connectivity index (χ2v) is 7.95. The monoisotopic (exact) mass is 435 g/mol. The second kappa shape index (κ2) is 10.5. The largest absolute Gasteiger partial charge is 0.493 e. The number of nitrogens with one attached hydrogen (secondary N) is 1. The molecule has 162 valence electrons. The van der Waals surface area contributed by atoms with Crippen LogP contribution in [-0.2, 0) is 14.8 Å². The Kier molecular flexibility index (Phi) is 8.05. The summed E-state index contributed by atoms with van der Waals surface area (Å²) in [6.45, 7) is 1.68. The summed E-state index contributed by atoms with van der Waals surface area (Å²) in [6, 6.07) is 11.8. The fraction of sp³-hybridized carbons (Fsp3) is 0.300. The number of hydrazone groups is 1. The summed E-state index contributed by atoms with van der Waals surface area (Å²) in [7, 11) is -0.739. The van der Waals surface area contributed by atoms with Crippen molar-refractivity contribution >= 4 is 27.8 Å². The first-order valence-corrected chi connectivity index (χ1v) is 10.9. The molecule has 0 radical (unpaired) electrons. The number of methoxy groups -OCH3 is 2. The molecular formula is C20H25N3O6S. The van der Waals surface area contributed by atoms with E-state index in [1.54, 1.807) is 49.4 Å². The van der Waals surface area contributed by atoms with Crippen molar-refractivity contribution < 1.29 is 27.4 Å². The predicted molar refractivity (Wildman–Crippen MR) is 115 cm³/mol. The van der Waals surface area contributed by atoms with Crippen molar-refractivity contribution in [1.82, 2.24) is 5.43 Å². The van der Waals surface area contributed by atoms with Gasteiger partial charge >= 0.3 is 0 Å². The molecule has 0 heterocycles. The van der Waals surface area contributed by atoms with E-state index in [1.807, 2.05) is 0 Å². The van der Waals surface area contributed by atoms with Gasteiger partial charge in [-0.25, -0.2) is 13.8 Å². The molecule has 0 saturated heterocycles. The summed E-state index contributed by atoms with van der Waals surface area (Å²) in [6.07, 6.45) is 2.41. The first kappa shape index (κ1) is 23.0. The number of hydrogen-bond acceptors (Lipinski definition) is 7. The summed E-state index contributed by atoms with van der Waals surface area (Å²) >= 11 is 0. The molecule has 0 aliphatic rings. The molecule has 0 unspecified atom stereocenters. The van der Waals surface area contributed by atoms with Gasteiger partial charge in [0.15, 0.2) is 11.5 Å². The van der Waals surface area contributed by atoms with Gasteiger partial charge in [-0.3, -0.25) is 9.10 Å².